The van der Waals surface area contributed by atoms with Crippen molar-refractivity contribution in [3.05, 3.63) is 30.4 Å². The summed E-state index contributed by atoms with van der Waals surface area (Å²) in [4.78, 5) is 4.16. The van der Waals surface area contributed by atoms with Gasteiger partial charge in [0.1, 0.15) is 6.10 Å². The molecule has 3 heterocycles. The SMILES string of the molecule is CNCC1OCCn2cc3cnccc3c21. The average molecular weight is 217 g/mol. The van der Waals surface area contributed by atoms with Gasteiger partial charge in [-0.3, -0.25) is 4.98 Å². The molecule has 0 aromatic carbocycles. The third-order valence-electron chi connectivity index (χ3n) is 3.08. The summed E-state index contributed by atoms with van der Waals surface area (Å²) in [5, 5.41) is 5.64. The number of rotatable bonds is 2. The van der Waals surface area contributed by atoms with E-state index in [0.29, 0.717) is 0 Å². The molecular weight excluding hydrogens is 202 g/mol. The predicted molar refractivity (Wildman–Crippen MR) is 62.4 cm³/mol. The summed E-state index contributed by atoms with van der Waals surface area (Å²) in [7, 11) is 1.95. The maximum atomic E-state index is 5.81. The summed E-state index contributed by atoms with van der Waals surface area (Å²) in [5.41, 5.74) is 1.28. The minimum atomic E-state index is 0.152. The van der Waals surface area contributed by atoms with Gasteiger partial charge in [0, 0.05) is 42.5 Å². The van der Waals surface area contributed by atoms with Crippen molar-refractivity contribution >= 4 is 10.8 Å². The van der Waals surface area contributed by atoms with E-state index in [1.165, 1.54) is 16.5 Å². The Morgan fingerprint density at radius 2 is 2.56 bits per heavy atom. The summed E-state index contributed by atoms with van der Waals surface area (Å²) in [6.07, 6.45) is 6.08. The lowest BCUT2D eigenvalue weighted by atomic mass is 10.1. The Morgan fingerprint density at radius 3 is 3.44 bits per heavy atom. The number of pyridine rings is 1. The Bertz CT molecular complexity index is 506. The lowest BCUT2D eigenvalue weighted by Gasteiger charge is -2.25. The van der Waals surface area contributed by atoms with Gasteiger partial charge in [-0.1, -0.05) is 0 Å². The topological polar surface area (TPSA) is 39.1 Å². The Kier molecular flexibility index (Phi) is 2.38. The molecule has 1 N–H and O–H groups in total. The quantitative estimate of drug-likeness (QED) is 0.824. The second-order valence-corrected chi connectivity index (χ2v) is 4.09. The lowest BCUT2D eigenvalue weighted by molar-refractivity contribution is 0.0233. The van der Waals surface area contributed by atoms with Gasteiger partial charge >= 0.3 is 0 Å². The van der Waals surface area contributed by atoms with Gasteiger partial charge in [-0.25, -0.2) is 0 Å². The van der Waals surface area contributed by atoms with Crippen molar-refractivity contribution in [1.29, 1.82) is 0 Å². The first-order valence-corrected chi connectivity index (χ1v) is 5.59. The third-order valence-corrected chi connectivity index (χ3v) is 3.08. The van der Waals surface area contributed by atoms with Gasteiger partial charge in [-0.15, -0.1) is 0 Å². The maximum Gasteiger partial charge on any atom is 0.110 e. The van der Waals surface area contributed by atoms with Crippen LogP contribution in [0.2, 0.25) is 0 Å². The van der Waals surface area contributed by atoms with Gasteiger partial charge in [0.05, 0.1) is 12.3 Å². The van der Waals surface area contributed by atoms with E-state index in [2.05, 4.69) is 27.1 Å². The number of ether oxygens (including phenoxy) is 1. The van der Waals surface area contributed by atoms with Crippen molar-refractivity contribution in [2.45, 2.75) is 12.6 Å². The average Bonchev–Trinajstić information content (AvgIpc) is 2.68. The maximum absolute atomic E-state index is 5.81. The first-order chi connectivity index (χ1) is 7.90. The van der Waals surface area contributed by atoms with Crippen molar-refractivity contribution in [1.82, 2.24) is 14.9 Å². The fourth-order valence-electron chi connectivity index (χ4n) is 2.39. The molecule has 0 amide bonds. The van der Waals surface area contributed by atoms with E-state index >= 15 is 0 Å². The summed E-state index contributed by atoms with van der Waals surface area (Å²) in [6.45, 7) is 2.57. The lowest BCUT2D eigenvalue weighted by Crippen LogP contribution is -2.27. The van der Waals surface area contributed by atoms with Gasteiger partial charge < -0.3 is 14.6 Å². The summed E-state index contributed by atoms with van der Waals surface area (Å²) >= 11 is 0. The van der Waals surface area contributed by atoms with E-state index in [4.69, 9.17) is 4.74 Å². The van der Waals surface area contributed by atoms with Crippen molar-refractivity contribution in [2.75, 3.05) is 20.2 Å². The molecule has 1 aliphatic rings. The number of fused-ring (bicyclic) bond motifs is 3. The molecule has 1 aliphatic heterocycles. The molecule has 0 radical (unpaired) electrons. The molecule has 4 nitrogen and oxygen atoms in total. The molecule has 3 rings (SSSR count). The molecule has 0 fully saturated rings. The minimum absolute atomic E-state index is 0.152. The molecule has 16 heavy (non-hydrogen) atoms. The van der Waals surface area contributed by atoms with Crippen LogP contribution in [0, 0.1) is 0 Å². The van der Waals surface area contributed by atoms with Crippen LogP contribution in [-0.4, -0.2) is 29.8 Å². The minimum Gasteiger partial charge on any atom is -0.369 e. The van der Waals surface area contributed by atoms with Crippen LogP contribution in [0.3, 0.4) is 0 Å². The van der Waals surface area contributed by atoms with Crippen LogP contribution >= 0.6 is 0 Å². The highest BCUT2D eigenvalue weighted by molar-refractivity contribution is 5.85. The standard InChI is InChI=1S/C12H15N3O/c1-13-7-11-12-10-2-3-14-6-9(10)8-15(12)4-5-16-11/h2-3,6,8,11,13H,4-5,7H2,1H3. The highest BCUT2D eigenvalue weighted by atomic mass is 16.5. The van der Waals surface area contributed by atoms with Crippen LogP contribution in [0.25, 0.3) is 10.8 Å². The van der Waals surface area contributed by atoms with Crippen LogP contribution < -0.4 is 5.32 Å². The Morgan fingerprint density at radius 1 is 1.62 bits per heavy atom. The summed E-state index contributed by atoms with van der Waals surface area (Å²) in [6, 6.07) is 2.07. The molecule has 84 valence electrons. The number of aromatic nitrogens is 2. The predicted octanol–water partition coefficient (Wildman–Crippen LogP) is 1.33. The van der Waals surface area contributed by atoms with Crippen molar-refractivity contribution in [2.24, 2.45) is 0 Å². The van der Waals surface area contributed by atoms with E-state index in [1.54, 1.807) is 0 Å². The van der Waals surface area contributed by atoms with E-state index in [-0.39, 0.29) is 6.10 Å². The molecule has 0 saturated heterocycles. The fourth-order valence-corrected chi connectivity index (χ4v) is 2.39. The van der Waals surface area contributed by atoms with Gasteiger partial charge in [0.2, 0.25) is 0 Å². The normalized spacial score (nSPS) is 19.9. The van der Waals surface area contributed by atoms with Gasteiger partial charge in [-0.2, -0.15) is 0 Å². The molecular formula is C12H15N3O. The molecule has 1 unspecified atom stereocenters. The molecule has 4 heteroatoms. The fraction of sp³-hybridized carbons (Fsp3) is 0.417. The Labute approximate surface area is 94.2 Å². The van der Waals surface area contributed by atoms with E-state index in [9.17, 15) is 0 Å². The smallest absolute Gasteiger partial charge is 0.110 e. The van der Waals surface area contributed by atoms with Crippen LogP contribution in [0.4, 0.5) is 0 Å². The zero-order valence-electron chi connectivity index (χ0n) is 9.31. The van der Waals surface area contributed by atoms with E-state index in [1.807, 2.05) is 19.4 Å². The van der Waals surface area contributed by atoms with Gasteiger partial charge in [0.15, 0.2) is 0 Å². The zero-order chi connectivity index (χ0) is 11.0. The monoisotopic (exact) mass is 217 g/mol. The largest absolute Gasteiger partial charge is 0.369 e. The molecule has 2 aromatic heterocycles. The van der Waals surface area contributed by atoms with Crippen LogP contribution in [-0.2, 0) is 11.3 Å². The van der Waals surface area contributed by atoms with Crippen LogP contribution in [0.1, 0.15) is 11.8 Å². The van der Waals surface area contributed by atoms with E-state index in [0.717, 1.165) is 19.7 Å². The first kappa shape index (κ1) is 9.81. The molecule has 2 aromatic rings. The van der Waals surface area contributed by atoms with Crippen molar-refractivity contribution in [3.8, 4) is 0 Å². The van der Waals surface area contributed by atoms with Crippen molar-refractivity contribution < 1.29 is 4.74 Å². The van der Waals surface area contributed by atoms with Crippen molar-refractivity contribution in [3.63, 3.8) is 0 Å². The van der Waals surface area contributed by atoms with E-state index < -0.39 is 0 Å². The Hall–Kier alpha value is -1.39. The summed E-state index contributed by atoms with van der Waals surface area (Å²) in [5.74, 6) is 0. The Balaban J connectivity index is 2.16. The molecule has 0 saturated carbocycles. The third kappa shape index (κ3) is 1.42. The molecule has 0 spiro atoms. The molecule has 1 atom stereocenters. The number of nitrogens with one attached hydrogen (secondary N) is 1. The second-order valence-electron chi connectivity index (χ2n) is 4.09. The number of hydrogen-bond donors (Lipinski definition) is 1. The number of hydrogen-bond acceptors (Lipinski definition) is 3. The van der Waals surface area contributed by atoms with Crippen LogP contribution in [0.5, 0.6) is 0 Å². The van der Waals surface area contributed by atoms with Crippen LogP contribution in [0.15, 0.2) is 24.7 Å². The molecule has 0 bridgehead atoms. The molecule has 0 aliphatic carbocycles. The first-order valence-electron chi connectivity index (χ1n) is 5.59. The zero-order valence-corrected chi connectivity index (χ0v) is 9.31. The second kappa shape index (κ2) is 3.88. The van der Waals surface area contributed by atoms with Gasteiger partial charge in [0.25, 0.3) is 0 Å². The highest BCUT2D eigenvalue weighted by Crippen LogP contribution is 2.30. The number of nitrogens with zero attached hydrogens (tertiary/aromatic N) is 2. The summed E-state index contributed by atoms with van der Waals surface area (Å²) < 4.78 is 8.10. The number of likely N-dealkylation sites (N-methyl/N-ethyl adjacent to an activating group) is 1. The van der Waals surface area contributed by atoms with Gasteiger partial charge in [-0.05, 0) is 13.1 Å². The highest BCUT2D eigenvalue weighted by Gasteiger charge is 2.23.